The van der Waals surface area contributed by atoms with Crippen molar-refractivity contribution < 1.29 is 5.11 Å². The summed E-state index contributed by atoms with van der Waals surface area (Å²) < 4.78 is 0. The third-order valence-electron chi connectivity index (χ3n) is 6.20. The highest BCUT2D eigenvalue weighted by molar-refractivity contribution is 14.0. The Hall–Kier alpha value is -1.64. The lowest BCUT2D eigenvalue weighted by atomic mass is 9.86. The Morgan fingerprint density at radius 3 is 2.09 bits per heavy atom. The maximum atomic E-state index is 9.65. The molecule has 2 aromatic rings. The van der Waals surface area contributed by atoms with Gasteiger partial charge < -0.3 is 15.7 Å². The summed E-state index contributed by atoms with van der Waals surface area (Å²) in [6.45, 7) is 11.2. The van der Waals surface area contributed by atoms with Crippen LogP contribution in [0.3, 0.4) is 0 Å². The number of aliphatic imine (C=N–C) groups is 1. The molecule has 0 bridgehead atoms. The van der Waals surface area contributed by atoms with E-state index in [-0.39, 0.29) is 35.5 Å². The number of rotatable bonds is 7. The Kier molecular flexibility index (Phi) is 11.1. The molecular formula is C27H41IN4O. The van der Waals surface area contributed by atoms with Gasteiger partial charge in [-0.25, -0.2) is 0 Å². The molecule has 1 aliphatic rings. The molecule has 3 N–H and O–H groups in total. The number of likely N-dealkylation sites (tertiary alicyclic amines) is 1. The van der Waals surface area contributed by atoms with Crippen LogP contribution >= 0.6 is 24.0 Å². The SMILES string of the molecule is CN=C(NCCc1ccc(C(C)(C)C)cc1)NCc1ccc(CN2CCC(O)CC2)cc1.I. The Morgan fingerprint density at radius 1 is 0.939 bits per heavy atom. The van der Waals surface area contributed by atoms with Crippen LogP contribution in [0.1, 0.15) is 55.9 Å². The second kappa shape index (κ2) is 13.3. The van der Waals surface area contributed by atoms with Gasteiger partial charge in [-0.05, 0) is 46.9 Å². The second-order valence-electron chi connectivity index (χ2n) is 9.87. The van der Waals surface area contributed by atoms with Crippen molar-refractivity contribution in [2.45, 2.75) is 64.6 Å². The molecule has 0 aliphatic carbocycles. The summed E-state index contributed by atoms with van der Waals surface area (Å²) in [4.78, 5) is 6.77. The predicted molar refractivity (Wildman–Crippen MR) is 149 cm³/mol. The summed E-state index contributed by atoms with van der Waals surface area (Å²) in [7, 11) is 1.81. The quantitative estimate of drug-likeness (QED) is 0.264. The third kappa shape index (κ3) is 9.26. The van der Waals surface area contributed by atoms with E-state index in [0.717, 1.165) is 57.9 Å². The number of hydrogen-bond acceptors (Lipinski definition) is 3. The van der Waals surface area contributed by atoms with E-state index in [4.69, 9.17) is 0 Å². The van der Waals surface area contributed by atoms with E-state index in [9.17, 15) is 5.11 Å². The third-order valence-corrected chi connectivity index (χ3v) is 6.20. The van der Waals surface area contributed by atoms with Gasteiger partial charge in [0.2, 0.25) is 0 Å². The van der Waals surface area contributed by atoms with Gasteiger partial charge in [0.1, 0.15) is 0 Å². The van der Waals surface area contributed by atoms with Crippen molar-refractivity contribution >= 4 is 29.9 Å². The molecule has 1 saturated heterocycles. The largest absolute Gasteiger partial charge is 0.393 e. The number of benzene rings is 2. The van der Waals surface area contributed by atoms with Crippen LogP contribution in [0.5, 0.6) is 0 Å². The number of aliphatic hydroxyl groups is 1. The van der Waals surface area contributed by atoms with Gasteiger partial charge >= 0.3 is 0 Å². The predicted octanol–water partition coefficient (Wildman–Crippen LogP) is 4.47. The van der Waals surface area contributed by atoms with E-state index >= 15 is 0 Å². The fourth-order valence-corrected chi connectivity index (χ4v) is 4.00. The zero-order valence-corrected chi connectivity index (χ0v) is 22.9. The molecule has 0 radical (unpaired) electrons. The minimum Gasteiger partial charge on any atom is -0.393 e. The van der Waals surface area contributed by atoms with Crippen molar-refractivity contribution in [2.24, 2.45) is 4.99 Å². The summed E-state index contributed by atoms with van der Waals surface area (Å²) in [6, 6.07) is 17.7. The first kappa shape index (κ1) is 27.6. The molecule has 1 heterocycles. The van der Waals surface area contributed by atoms with Crippen LogP contribution in [-0.2, 0) is 24.9 Å². The second-order valence-corrected chi connectivity index (χ2v) is 9.87. The van der Waals surface area contributed by atoms with E-state index in [2.05, 4.69) is 89.8 Å². The summed E-state index contributed by atoms with van der Waals surface area (Å²) in [5.74, 6) is 0.826. The Balaban J connectivity index is 0.00000385. The van der Waals surface area contributed by atoms with Gasteiger partial charge in [0.15, 0.2) is 5.96 Å². The highest BCUT2D eigenvalue weighted by atomic mass is 127. The Labute approximate surface area is 217 Å². The number of guanidine groups is 1. The van der Waals surface area contributed by atoms with Crippen LogP contribution < -0.4 is 10.6 Å². The van der Waals surface area contributed by atoms with Crippen LogP contribution in [0.2, 0.25) is 0 Å². The van der Waals surface area contributed by atoms with E-state index < -0.39 is 0 Å². The van der Waals surface area contributed by atoms with Crippen molar-refractivity contribution in [3.05, 3.63) is 70.8 Å². The highest BCUT2D eigenvalue weighted by Gasteiger charge is 2.16. The number of halogens is 1. The number of nitrogens with one attached hydrogen (secondary N) is 2. The number of piperidine rings is 1. The van der Waals surface area contributed by atoms with Crippen molar-refractivity contribution in [3.8, 4) is 0 Å². The summed E-state index contributed by atoms with van der Waals surface area (Å²) in [5, 5.41) is 16.5. The van der Waals surface area contributed by atoms with Crippen molar-refractivity contribution in [1.29, 1.82) is 0 Å². The lowest BCUT2D eigenvalue weighted by molar-refractivity contribution is 0.0792. The summed E-state index contributed by atoms with van der Waals surface area (Å²) >= 11 is 0. The molecule has 3 rings (SSSR count). The fraction of sp³-hybridized carbons (Fsp3) is 0.519. The van der Waals surface area contributed by atoms with Crippen LogP contribution in [0.4, 0.5) is 0 Å². The highest BCUT2D eigenvalue weighted by Crippen LogP contribution is 2.22. The smallest absolute Gasteiger partial charge is 0.191 e. The fourth-order valence-electron chi connectivity index (χ4n) is 4.00. The molecule has 0 unspecified atom stereocenters. The molecule has 182 valence electrons. The molecule has 0 spiro atoms. The van der Waals surface area contributed by atoms with Gasteiger partial charge in [0.05, 0.1) is 6.10 Å². The van der Waals surface area contributed by atoms with Crippen LogP contribution in [-0.4, -0.2) is 48.8 Å². The van der Waals surface area contributed by atoms with Gasteiger partial charge in [-0.3, -0.25) is 9.89 Å². The Morgan fingerprint density at radius 2 is 1.52 bits per heavy atom. The molecule has 6 heteroatoms. The zero-order valence-electron chi connectivity index (χ0n) is 20.6. The van der Waals surface area contributed by atoms with Crippen molar-refractivity contribution in [2.75, 3.05) is 26.7 Å². The number of nitrogens with zero attached hydrogens (tertiary/aromatic N) is 2. The average Bonchev–Trinajstić information content (AvgIpc) is 2.78. The summed E-state index contributed by atoms with van der Waals surface area (Å²) in [6.07, 6.45) is 2.62. The lowest BCUT2D eigenvalue weighted by Crippen LogP contribution is -2.37. The standard InChI is InChI=1S/C27H40N4O.HI/c1-27(2,3)24-11-9-21(10-12-24)13-16-29-26(28-4)30-19-22-5-7-23(8-6-22)20-31-17-14-25(32)15-18-31;/h5-12,25,32H,13-20H2,1-4H3,(H2,28,29,30);1H. The molecule has 5 nitrogen and oxygen atoms in total. The monoisotopic (exact) mass is 564 g/mol. The minimum absolute atomic E-state index is 0. The molecule has 0 amide bonds. The van der Waals surface area contributed by atoms with Gasteiger partial charge in [0, 0.05) is 39.8 Å². The van der Waals surface area contributed by atoms with Gasteiger partial charge in [-0.15, -0.1) is 24.0 Å². The van der Waals surface area contributed by atoms with Crippen LogP contribution in [0.15, 0.2) is 53.5 Å². The normalized spacial score (nSPS) is 15.7. The first-order valence-electron chi connectivity index (χ1n) is 11.9. The first-order valence-corrected chi connectivity index (χ1v) is 11.9. The zero-order chi connectivity index (χ0) is 23.0. The maximum Gasteiger partial charge on any atom is 0.191 e. The first-order chi connectivity index (χ1) is 15.3. The minimum atomic E-state index is -0.114. The lowest BCUT2D eigenvalue weighted by Gasteiger charge is -2.29. The van der Waals surface area contributed by atoms with Crippen molar-refractivity contribution in [3.63, 3.8) is 0 Å². The van der Waals surface area contributed by atoms with E-state index in [1.54, 1.807) is 0 Å². The molecule has 0 saturated carbocycles. The van der Waals surface area contributed by atoms with Gasteiger partial charge in [0.25, 0.3) is 0 Å². The van der Waals surface area contributed by atoms with Gasteiger partial charge in [-0.1, -0.05) is 69.3 Å². The molecule has 0 atom stereocenters. The van der Waals surface area contributed by atoms with Crippen LogP contribution in [0, 0.1) is 0 Å². The maximum absolute atomic E-state index is 9.65. The van der Waals surface area contributed by atoms with E-state index in [0.29, 0.717) is 0 Å². The number of hydrogen-bond donors (Lipinski definition) is 3. The molecule has 1 aliphatic heterocycles. The number of aliphatic hydroxyl groups excluding tert-OH is 1. The molecule has 33 heavy (non-hydrogen) atoms. The molecular weight excluding hydrogens is 523 g/mol. The van der Waals surface area contributed by atoms with E-state index in [1.807, 2.05) is 7.05 Å². The van der Waals surface area contributed by atoms with Gasteiger partial charge in [-0.2, -0.15) is 0 Å². The van der Waals surface area contributed by atoms with Crippen LogP contribution in [0.25, 0.3) is 0 Å². The summed E-state index contributed by atoms with van der Waals surface area (Å²) in [5.41, 5.74) is 5.46. The molecule has 1 fully saturated rings. The topological polar surface area (TPSA) is 59.9 Å². The molecule has 0 aromatic heterocycles. The average molecular weight is 565 g/mol. The van der Waals surface area contributed by atoms with E-state index in [1.165, 1.54) is 22.3 Å². The van der Waals surface area contributed by atoms with Crippen molar-refractivity contribution in [1.82, 2.24) is 15.5 Å². The molecule has 2 aromatic carbocycles. The Bertz CT molecular complexity index is 851.